The molecular weight excluding hydrogens is 437 g/mol. The van der Waals surface area contributed by atoms with E-state index in [4.69, 9.17) is 0 Å². The second-order valence-electron chi connectivity index (χ2n) is 8.02. The van der Waals surface area contributed by atoms with Gasteiger partial charge in [0.1, 0.15) is 5.82 Å². The predicted molar refractivity (Wildman–Crippen MR) is 120 cm³/mol. The molecule has 1 aromatic heterocycles. The van der Waals surface area contributed by atoms with Crippen molar-refractivity contribution in [3.05, 3.63) is 53.8 Å². The number of fused-ring (bicyclic) bond motifs is 1. The van der Waals surface area contributed by atoms with Crippen molar-refractivity contribution in [2.24, 2.45) is 5.92 Å². The molecule has 0 saturated carbocycles. The van der Waals surface area contributed by atoms with E-state index >= 15 is 0 Å². The molecule has 0 spiro atoms. The lowest BCUT2D eigenvalue weighted by Crippen LogP contribution is -2.41. The van der Waals surface area contributed by atoms with E-state index in [1.165, 1.54) is 33.3 Å². The largest absolute Gasteiger partial charge is 0.302 e. The van der Waals surface area contributed by atoms with Gasteiger partial charge in [0.2, 0.25) is 15.9 Å². The molecule has 0 aliphatic carbocycles. The van der Waals surface area contributed by atoms with Crippen LogP contribution in [0.4, 0.5) is 9.52 Å². The van der Waals surface area contributed by atoms with Crippen LogP contribution in [-0.4, -0.2) is 36.7 Å². The first-order chi connectivity index (χ1) is 14.7. The van der Waals surface area contributed by atoms with Gasteiger partial charge in [-0.1, -0.05) is 31.3 Å². The molecule has 9 heteroatoms. The minimum absolute atomic E-state index is 0.0621. The summed E-state index contributed by atoms with van der Waals surface area (Å²) in [6.07, 6.45) is 0.850. The number of amides is 1. The van der Waals surface area contributed by atoms with Crippen molar-refractivity contribution in [1.82, 2.24) is 9.29 Å². The lowest BCUT2D eigenvalue weighted by molar-refractivity contribution is -0.120. The Morgan fingerprint density at radius 2 is 1.84 bits per heavy atom. The first-order valence-electron chi connectivity index (χ1n) is 10.2. The topological polar surface area (TPSA) is 79.4 Å². The third-order valence-corrected chi connectivity index (χ3v) is 8.43. The van der Waals surface area contributed by atoms with E-state index in [1.807, 2.05) is 6.07 Å². The zero-order valence-electron chi connectivity index (χ0n) is 17.3. The molecule has 0 unspecified atom stereocenters. The number of piperidine rings is 1. The summed E-state index contributed by atoms with van der Waals surface area (Å²) in [6, 6.07) is 10.9. The van der Waals surface area contributed by atoms with Crippen LogP contribution in [0, 0.1) is 11.7 Å². The Morgan fingerprint density at radius 3 is 2.48 bits per heavy atom. The first-order valence-corrected chi connectivity index (χ1v) is 12.5. The molecule has 2 heterocycles. The number of hydrogen-bond donors (Lipinski definition) is 1. The highest BCUT2D eigenvalue weighted by Gasteiger charge is 2.32. The molecule has 1 N–H and O–H groups in total. The number of benzene rings is 2. The van der Waals surface area contributed by atoms with Gasteiger partial charge < -0.3 is 5.32 Å². The second kappa shape index (κ2) is 8.64. The molecule has 6 nitrogen and oxygen atoms in total. The van der Waals surface area contributed by atoms with Gasteiger partial charge in [0.05, 0.1) is 15.1 Å². The average Bonchev–Trinajstić information content (AvgIpc) is 3.15. The number of thiazole rings is 1. The lowest BCUT2D eigenvalue weighted by atomic mass is 9.97. The van der Waals surface area contributed by atoms with E-state index in [1.54, 1.807) is 0 Å². The Balaban J connectivity index is 1.39. The van der Waals surface area contributed by atoms with Crippen molar-refractivity contribution in [1.29, 1.82) is 0 Å². The number of nitrogens with zero attached hydrogens (tertiary/aromatic N) is 2. The molecule has 1 fully saturated rings. The molecular formula is C22H24FN3O3S2. The SMILES string of the molecule is CC(C)c1ccc2nc(NC(=O)C3CCN(S(=O)(=O)c4ccc(F)cc4)CC3)sc2c1. The molecule has 0 atom stereocenters. The summed E-state index contributed by atoms with van der Waals surface area (Å²) in [5, 5.41) is 3.46. The van der Waals surface area contributed by atoms with Crippen LogP contribution in [-0.2, 0) is 14.8 Å². The van der Waals surface area contributed by atoms with E-state index < -0.39 is 15.8 Å². The van der Waals surface area contributed by atoms with Crippen LogP contribution in [0.25, 0.3) is 10.2 Å². The number of rotatable bonds is 5. The van der Waals surface area contributed by atoms with Crippen molar-refractivity contribution < 1.29 is 17.6 Å². The van der Waals surface area contributed by atoms with Crippen molar-refractivity contribution in [3.63, 3.8) is 0 Å². The van der Waals surface area contributed by atoms with Gasteiger partial charge in [0.25, 0.3) is 0 Å². The molecule has 3 aromatic rings. The Labute approximate surface area is 185 Å². The average molecular weight is 462 g/mol. The van der Waals surface area contributed by atoms with Gasteiger partial charge in [-0.25, -0.2) is 17.8 Å². The molecule has 164 valence electrons. The number of carbonyl (C=O) groups is 1. The maximum atomic E-state index is 13.1. The van der Waals surface area contributed by atoms with E-state index in [0.717, 1.165) is 22.3 Å². The Hall–Kier alpha value is -2.36. The zero-order chi connectivity index (χ0) is 22.2. The monoisotopic (exact) mass is 461 g/mol. The molecule has 1 amide bonds. The van der Waals surface area contributed by atoms with E-state index in [2.05, 4.69) is 36.3 Å². The van der Waals surface area contributed by atoms with Crippen LogP contribution >= 0.6 is 11.3 Å². The standard InChI is InChI=1S/C22H24FN3O3S2/c1-14(2)16-3-8-19-20(13-16)30-22(24-19)25-21(27)15-9-11-26(12-10-15)31(28,29)18-6-4-17(23)5-7-18/h3-8,13-15H,9-12H2,1-2H3,(H,24,25,27). The van der Waals surface area contributed by atoms with Crippen molar-refractivity contribution in [3.8, 4) is 0 Å². The molecule has 2 aromatic carbocycles. The van der Waals surface area contributed by atoms with Crippen LogP contribution in [0.2, 0.25) is 0 Å². The highest BCUT2D eigenvalue weighted by atomic mass is 32.2. The number of aromatic nitrogens is 1. The van der Waals surface area contributed by atoms with Gasteiger partial charge in [0.15, 0.2) is 5.13 Å². The number of nitrogens with one attached hydrogen (secondary N) is 1. The third kappa shape index (κ3) is 4.63. The summed E-state index contributed by atoms with van der Waals surface area (Å²) < 4.78 is 41.0. The summed E-state index contributed by atoms with van der Waals surface area (Å²) in [5.74, 6) is -0.481. The minimum atomic E-state index is -3.69. The second-order valence-corrected chi connectivity index (χ2v) is 11.0. The lowest BCUT2D eigenvalue weighted by Gasteiger charge is -2.30. The number of anilines is 1. The third-order valence-electron chi connectivity index (χ3n) is 5.59. The molecule has 0 bridgehead atoms. The molecule has 1 saturated heterocycles. The van der Waals surface area contributed by atoms with Crippen molar-refractivity contribution >= 4 is 42.6 Å². The summed E-state index contributed by atoms with van der Waals surface area (Å²) in [5.41, 5.74) is 2.08. The van der Waals surface area contributed by atoms with E-state index in [9.17, 15) is 17.6 Å². The van der Waals surface area contributed by atoms with Crippen LogP contribution in [0.5, 0.6) is 0 Å². The Bertz CT molecular complexity index is 1200. The number of hydrogen-bond acceptors (Lipinski definition) is 5. The fourth-order valence-corrected chi connectivity index (χ4v) is 6.06. The van der Waals surface area contributed by atoms with Gasteiger partial charge >= 0.3 is 0 Å². The number of carbonyl (C=O) groups excluding carboxylic acids is 1. The molecule has 1 aliphatic rings. The fraction of sp³-hybridized carbons (Fsp3) is 0.364. The summed E-state index contributed by atoms with van der Waals surface area (Å²) in [6.45, 7) is 4.76. The van der Waals surface area contributed by atoms with Gasteiger partial charge in [-0.3, -0.25) is 4.79 Å². The van der Waals surface area contributed by atoms with Crippen LogP contribution < -0.4 is 5.32 Å². The molecule has 0 radical (unpaired) electrons. The molecule has 1 aliphatic heterocycles. The number of halogens is 1. The number of sulfonamides is 1. The van der Waals surface area contributed by atoms with Gasteiger partial charge in [0, 0.05) is 19.0 Å². The predicted octanol–water partition coefficient (Wildman–Crippen LogP) is 4.60. The van der Waals surface area contributed by atoms with Crippen LogP contribution in [0.3, 0.4) is 0 Å². The normalized spacial score (nSPS) is 16.1. The highest BCUT2D eigenvalue weighted by molar-refractivity contribution is 7.89. The van der Waals surface area contributed by atoms with E-state index in [0.29, 0.717) is 23.9 Å². The van der Waals surface area contributed by atoms with Crippen LogP contribution in [0.15, 0.2) is 47.4 Å². The smallest absolute Gasteiger partial charge is 0.243 e. The van der Waals surface area contributed by atoms with Gasteiger partial charge in [-0.2, -0.15) is 4.31 Å². The quantitative estimate of drug-likeness (QED) is 0.602. The van der Waals surface area contributed by atoms with Crippen molar-refractivity contribution in [2.45, 2.75) is 37.5 Å². The minimum Gasteiger partial charge on any atom is -0.302 e. The van der Waals surface area contributed by atoms with Gasteiger partial charge in [-0.05, 0) is 60.7 Å². The first kappa shape index (κ1) is 21.9. The maximum absolute atomic E-state index is 13.1. The summed E-state index contributed by atoms with van der Waals surface area (Å²) in [4.78, 5) is 17.3. The Morgan fingerprint density at radius 1 is 1.16 bits per heavy atom. The molecule has 31 heavy (non-hydrogen) atoms. The van der Waals surface area contributed by atoms with Crippen molar-refractivity contribution in [2.75, 3.05) is 18.4 Å². The van der Waals surface area contributed by atoms with Crippen LogP contribution in [0.1, 0.15) is 38.2 Å². The van der Waals surface area contributed by atoms with Gasteiger partial charge in [-0.15, -0.1) is 0 Å². The zero-order valence-corrected chi connectivity index (χ0v) is 19.0. The van der Waals surface area contributed by atoms with E-state index in [-0.39, 0.29) is 29.8 Å². The summed E-state index contributed by atoms with van der Waals surface area (Å²) in [7, 11) is -3.69. The summed E-state index contributed by atoms with van der Waals surface area (Å²) >= 11 is 1.44. The Kier molecular flexibility index (Phi) is 6.09. The fourth-order valence-electron chi connectivity index (χ4n) is 3.68. The highest BCUT2D eigenvalue weighted by Crippen LogP contribution is 2.30. The molecule has 4 rings (SSSR count). The maximum Gasteiger partial charge on any atom is 0.243 e.